The van der Waals surface area contributed by atoms with Crippen molar-refractivity contribution in [2.75, 3.05) is 18.1 Å². The quantitative estimate of drug-likeness (QED) is 0.837. The normalized spacial score (nSPS) is 21.4. The molecule has 1 aromatic rings. The molecule has 0 radical (unpaired) electrons. The van der Waals surface area contributed by atoms with E-state index in [0.717, 1.165) is 12.8 Å². The molecular weight excluding hydrogens is 282 g/mol. The summed E-state index contributed by atoms with van der Waals surface area (Å²) in [5.74, 6) is 0.303. The van der Waals surface area contributed by atoms with Crippen molar-refractivity contribution in [3.63, 3.8) is 0 Å². The summed E-state index contributed by atoms with van der Waals surface area (Å²) in [6, 6.07) is 3.50. The Bertz CT molecular complexity index is 522. The molecule has 1 amide bonds. The molecular formula is C13H19NO3S2. The fourth-order valence-corrected chi connectivity index (χ4v) is 4.75. The Hall–Kier alpha value is -0.880. The summed E-state index contributed by atoms with van der Waals surface area (Å²) in [6.07, 6.45) is 2.48. The molecule has 2 rings (SSSR count). The molecule has 19 heavy (non-hydrogen) atoms. The topological polar surface area (TPSA) is 54.5 Å². The fourth-order valence-electron chi connectivity index (χ4n) is 2.34. The Morgan fingerprint density at radius 1 is 1.53 bits per heavy atom. The van der Waals surface area contributed by atoms with E-state index in [1.54, 1.807) is 11.0 Å². The van der Waals surface area contributed by atoms with E-state index in [4.69, 9.17) is 0 Å². The molecule has 106 valence electrons. The van der Waals surface area contributed by atoms with Crippen molar-refractivity contribution < 1.29 is 13.2 Å². The van der Waals surface area contributed by atoms with Crippen molar-refractivity contribution in [2.45, 2.75) is 32.2 Å². The minimum atomic E-state index is -2.96. The fraction of sp³-hybridized carbons (Fsp3) is 0.615. The number of unbranched alkanes of at least 4 members (excludes halogenated alkanes) is 1. The lowest BCUT2D eigenvalue weighted by Gasteiger charge is -2.27. The number of thiophene rings is 1. The van der Waals surface area contributed by atoms with Gasteiger partial charge in [-0.2, -0.15) is 0 Å². The minimum Gasteiger partial charge on any atom is -0.334 e. The zero-order valence-electron chi connectivity index (χ0n) is 11.0. The number of amides is 1. The Morgan fingerprint density at radius 3 is 2.84 bits per heavy atom. The first-order valence-corrected chi connectivity index (χ1v) is 9.28. The van der Waals surface area contributed by atoms with Crippen LogP contribution in [0.3, 0.4) is 0 Å². The highest BCUT2D eigenvalue weighted by atomic mass is 32.2. The van der Waals surface area contributed by atoms with Crippen molar-refractivity contribution in [1.82, 2.24) is 4.90 Å². The third kappa shape index (κ3) is 3.57. The lowest BCUT2D eigenvalue weighted by Crippen LogP contribution is -2.41. The van der Waals surface area contributed by atoms with Crippen molar-refractivity contribution in [3.8, 4) is 0 Å². The van der Waals surface area contributed by atoms with Crippen molar-refractivity contribution >= 4 is 27.1 Å². The van der Waals surface area contributed by atoms with E-state index in [1.807, 2.05) is 11.4 Å². The number of carbonyl (C=O) groups is 1. The van der Waals surface area contributed by atoms with Crippen LogP contribution in [0.25, 0.3) is 0 Å². The molecule has 6 heteroatoms. The van der Waals surface area contributed by atoms with E-state index in [-0.39, 0.29) is 23.5 Å². The molecule has 0 bridgehead atoms. The number of sulfone groups is 1. The van der Waals surface area contributed by atoms with Gasteiger partial charge in [0.2, 0.25) is 0 Å². The Labute approximate surface area is 118 Å². The van der Waals surface area contributed by atoms with Crippen LogP contribution in [0.15, 0.2) is 17.5 Å². The predicted molar refractivity (Wildman–Crippen MR) is 77.3 cm³/mol. The van der Waals surface area contributed by atoms with Crippen LogP contribution in [-0.4, -0.2) is 43.3 Å². The monoisotopic (exact) mass is 301 g/mol. The SMILES string of the molecule is CCCCN(C(=O)c1cccs1)[C@H]1CCS(=O)(=O)C1. The zero-order valence-corrected chi connectivity index (χ0v) is 12.7. The summed E-state index contributed by atoms with van der Waals surface area (Å²) in [5.41, 5.74) is 0. The third-order valence-electron chi connectivity index (χ3n) is 3.39. The molecule has 1 aliphatic rings. The number of rotatable bonds is 5. The van der Waals surface area contributed by atoms with Crippen LogP contribution < -0.4 is 0 Å². The van der Waals surface area contributed by atoms with Crippen LogP contribution in [0.1, 0.15) is 35.9 Å². The molecule has 0 saturated carbocycles. The molecule has 2 heterocycles. The first-order valence-electron chi connectivity index (χ1n) is 6.58. The van der Waals surface area contributed by atoms with Crippen molar-refractivity contribution in [1.29, 1.82) is 0 Å². The third-order valence-corrected chi connectivity index (χ3v) is 6.00. The Balaban J connectivity index is 2.14. The van der Waals surface area contributed by atoms with Gasteiger partial charge in [-0.3, -0.25) is 4.79 Å². The van der Waals surface area contributed by atoms with Crippen LogP contribution >= 0.6 is 11.3 Å². The number of hydrogen-bond acceptors (Lipinski definition) is 4. The first kappa shape index (κ1) is 14.5. The Kier molecular flexibility index (Phi) is 4.62. The second kappa shape index (κ2) is 6.05. The van der Waals surface area contributed by atoms with Crippen molar-refractivity contribution in [2.24, 2.45) is 0 Å². The van der Waals surface area contributed by atoms with Crippen LogP contribution in [0.5, 0.6) is 0 Å². The summed E-state index contributed by atoms with van der Waals surface area (Å²) in [5, 5.41) is 1.87. The van der Waals surface area contributed by atoms with E-state index >= 15 is 0 Å². The Morgan fingerprint density at radius 2 is 2.32 bits per heavy atom. The molecule has 0 aliphatic carbocycles. The average Bonchev–Trinajstić information content (AvgIpc) is 2.99. The number of nitrogens with zero attached hydrogens (tertiary/aromatic N) is 1. The molecule has 1 aliphatic heterocycles. The van der Waals surface area contributed by atoms with E-state index in [9.17, 15) is 13.2 Å². The molecule has 0 aromatic carbocycles. The maximum absolute atomic E-state index is 12.5. The van der Waals surface area contributed by atoms with Crippen LogP contribution in [0.2, 0.25) is 0 Å². The van der Waals surface area contributed by atoms with Crippen molar-refractivity contribution in [3.05, 3.63) is 22.4 Å². The van der Waals surface area contributed by atoms with Gasteiger partial charge in [0, 0.05) is 12.6 Å². The van der Waals surface area contributed by atoms with Gasteiger partial charge in [-0.15, -0.1) is 11.3 Å². The number of carbonyl (C=O) groups excluding carboxylic acids is 1. The van der Waals surface area contributed by atoms with Gasteiger partial charge in [0.1, 0.15) is 0 Å². The molecule has 0 N–H and O–H groups in total. The molecule has 0 spiro atoms. The van der Waals surface area contributed by atoms with Gasteiger partial charge in [0.25, 0.3) is 5.91 Å². The standard InChI is InChI=1S/C13H19NO3S2/c1-2-3-7-14(11-6-9-19(16,17)10-11)13(15)12-5-4-8-18-12/h4-5,8,11H,2-3,6-7,9-10H2,1H3/t11-/m0/s1. The van der Waals surface area contributed by atoms with Gasteiger partial charge in [-0.1, -0.05) is 19.4 Å². The number of hydrogen-bond donors (Lipinski definition) is 0. The highest BCUT2D eigenvalue weighted by molar-refractivity contribution is 7.91. The summed E-state index contributed by atoms with van der Waals surface area (Å²) >= 11 is 1.41. The smallest absolute Gasteiger partial charge is 0.264 e. The van der Waals surface area contributed by atoms with E-state index in [2.05, 4.69) is 6.92 Å². The first-order chi connectivity index (χ1) is 9.03. The van der Waals surface area contributed by atoms with Crippen LogP contribution in [0, 0.1) is 0 Å². The summed E-state index contributed by atoms with van der Waals surface area (Å²) in [7, 11) is -2.96. The molecule has 1 atom stereocenters. The highest BCUT2D eigenvalue weighted by Gasteiger charge is 2.34. The average molecular weight is 301 g/mol. The predicted octanol–water partition coefficient (Wildman–Crippen LogP) is 2.18. The van der Waals surface area contributed by atoms with Gasteiger partial charge in [0.05, 0.1) is 16.4 Å². The minimum absolute atomic E-state index is 0.0226. The van der Waals surface area contributed by atoms with Gasteiger partial charge in [-0.05, 0) is 24.3 Å². The second-order valence-electron chi connectivity index (χ2n) is 4.89. The van der Waals surface area contributed by atoms with Gasteiger partial charge >= 0.3 is 0 Å². The summed E-state index contributed by atoms with van der Waals surface area (Å²) in [4.78, 5) is 14.9. The largest absolute Gasteiger partial charge is 0.334 e. The maximum Gasteiger partial charge on any atom is 0.264 e. The van der Waals surface area contributed by atoms with E-state index < -0.39 is 9.84 Å². The van der Waals surface area contributed by atoms with Crippen LogP contribution in [-0.2, 0) is 9.84 Å². The van der Waals surface area contributed by atoms with Gasteiger partial charge < -0.3 is 4.90 Å². The second-order valence-corrected chi connectivity index (χ2v) is 8.06. The van der Waals surface area contributed by atoms with E-state index in [1.165, 1.54) is 11.3 Å². The summed E-state index contributed by atoms with van der Waals surface area (Å²) < 4.78 is 23.2. The maximum atomic E-state index is 12.5. The lowest BCUT2D eigenvalue weighted by molar-refractivity contribution is 0.0699. The van der Waals surface area contributed by atoms with Gasteiger partial charge in [-0.25, -0.2) is 8.42 Å². The van der Waals surface area contributed by atoms with Crippen LogP contribution in [0.4, 0.5) is 0 Å². The molecule has 0 unspecified atom stereocenters. The van der Waals surface area contributed by atoms with Gasteiger partial charge in [0.15, 0.2) is 9.84 Å². The molecule has 1 aromatic heterocycles. The van der Waals surface area contributed by atoms with E-state index in [0.29, 0.717) is 17.8 Å². The zero-order chi connectivity index (χ0) is 13.9. The lowest BCUT2D eigenvalue weighted by atomic mass is 10.2. The highest BCUT2D eigenvalue weighted by Crippen LogP contribution is 2.22. The molecule has 1 saturated heterocycles. The molecule has 4 nitrogen and oxygen atoms in total. The summed E-state index contributed by atoms with van der Waals surface area (Å²) in [6.45, 7) is 2.71. The molecule has 1 fully saturated rings.